The smallest absolute Gasteiger partial charge is 0.165 e. The second-order valence-electron chi connectivity index (χ2n) is 7.07. The van der Waals surface area contributed by atoms with Crippen molar-refractivity contribution in [1.29, 1.82) is 0 Å². The summed E-state index contributed by atoms with van der Waals surface area (Å²) in [5.41, 5.74) is 6.93. The predicted octanol–water partition coefficient (Wildman–Crippen LogP) is 2.64. The molecule has 2 aliphatic rings. The van der Waals surface area contributed by atoms with Crippen LogP contribution >= 0.6 is 0 Å². The standard InChI is InChI=1S/C20H22N4O3/c1-25-15-5-4-11-8-14-17-12(6-7-24(14)10-13(11)20(15)27-3)9-16(26-2)18-19(17)22-23-21-18/h4-5,9,14H,6-8,10H2,1-3H3,(H,21,22,23)/t14-/m0/s1. The molecule has 2 aromatic carbocycles. The summed E-state index contributed by atoms with van der Waals surface area (Å²) in [7, 11) is 5.08. The number of benzene rings is 2. The monoisotopic (exact) mass is 366 g/mol. The van der Waals surface area contributed by atoms with Gasteiger partial charge in [0.2, 0.25) is 0 Å². The molecule has 3 aromatic rings. The number of aromatic nitrogens is 3. The van der Waals surface area contributed by atoms with Gasteiger partial charge < -0.3 is 14.2 Å². The van der Waals surface area contributed by atoms with Crippen molar-refractivity contribution >= 4 is 11.0 Å². The fourth-order valence-corrected chi connectivity index (χ4v) is 4.63. The second-order valence-corrected chi connectivity index (χ2v) is 7.07. The van der Waals surface area contributed by atoms with E-state index in [0.29, 0.717) is 0 Å². The van der Waals surface area contributed by atoms with Gasteiger partial charge in [0.15, 0.2) is 17.0 Å². The van der Waals surface area contributed by atoms with Crippen LogP contribution in [0.2, 0.25) is 0 Å². The van der Waals surface area contributed by atoms with E-state index in [2.05, 4.69) is 32.4 Å². The molecule has 0 unspecified atom stereocenters. The van der Waals surface area contributed by atoms with Gasteiger partial charge >= 0.3 is 0 Å². The van der Waals surface area contributed by atoms with E-state index in [4.69, 9.17) is 14.2 Å². The van der Waals surface area contributed by atoms with Crippen LogP contribution in [0.1, 0.15) is 28.3 Å². The maximum atomic E-state index is 5.68. The molecule has 2 aliphatic heterocycles. The van der Waals surface area contributed by atoms with Gasteiger partial charge in [-0.1, -0.05) is 11.3 Å². The molecule has 0 radical (unpaired) electrons. The zero-order valence-corrected chi connectivity index (χ0v) is 15.7. The normalized spacial score (nSPS) is 18.6. The molecule has 27 heavy (non-hydrogen) atoms. The summed E-state index contributed by atoms with van der Waals surface area (Å²) in [5, 5.41) is 11.4. The van der Waals surface area contributed by atoms with Crippen LogP contribution < -0.4 is 14.2 Å². The lowest BCUT2D eigenvalue weighted by molar-refractivity contribution is 0.159. The van der Waals surface area contributed by atoms with Crippen LogP contribution in [0.15, 0.2) is 18.2 Å². The van der Waals surface area contributed by atoms with Crippen LogP contribution in [-0.2, 0) is 19.4 Å². The zero-order chi connectivity index (χ0) is 18.5. The van der Waals surface area contributed by atoms with Crippen molar-refractivity contribution in [2.75, 3.05) is 27.9 Å². The lowest BCUT2D eigenvalue weighted by Crippen LogP contribution is -2.39. The van der Waals surface area contributed by atoms with E-state index < -0.39 is 0 Å². The van der Waals surface area contributed by atoms with E-state index in [-0.39, 0.29) is 6.04 Å². The highest BCUT2D eigenvalue weighted by atomic mass is 16.5. The zero-order valence-electron chi connectivity index (χ0n) is 15.7. The van der Waals surface area contributed by atoms with E-state index in [9.17, 15) is 0 Å². The first-order valence-corrected chi connectivity index (χ1v) is 9.12. The molecule has 0 saturated heterocycles. The highest BCUT2D eigenvalue weighted by Gasteiger charge is 2.36. The molecule has 7 heteroatoms. The molecule has 0 aliphatic carbocycles. The number of nitrogens with one attached hydrogen (secondary N) is 1. The van der Waals surface area contributed by atoms with Gasteiger partial charge in [-0.2, -0.15) is 0 Å². The lowest BCUT2D eigenvalue weighted by atomic mass is 9.83. The summed E-state index contributed by atoms with van der Waals surface area (Å²) in [6, 6.07) is 6.57. The van der Waals surface area contributed by atoms with E-state index in [1.165, 1.54) is 22.3 Å². The summed E-state index contributed by atoms with van der Waals surface area (Å²) >= 11 is 0. The second kappa shape index (κ2) is 6.13. The van der Waals surface area contributed by atoms with Crippen LogP contribution in [0.4, 0.5) is 0 Å². The van der Waals surface area contributed by atoms with Crippen LogP contribution in [0.25, 0.3) is 11.0 Å². The minimum Gasteiger partial charge on any atom is -0.494 e. The molecular formula is C20H22N4O3. The highest BCUT2D eigenvalue weighted by molar-refractivity contribution is 5.86. The van der Waals surface area contributed by atoms with Gasteiger partial charge in [-0.05, 0) is 36.1 Å². The van der Waals surface area contributed by atoms with Gasteiger partial charge in [0.1, 0.15) is 5.75 Å². The van der Waals surface area contributed by atoms with Crippen molar-refractivity contribution in [3.05, 3.63) is 40.5 Å². The highest BCUT2D eigenvalue weighted by Crippen LogP contribution is 2.46. The molecule has 7 nitrogen and oxygen atoms in total. The van der Waals surface area contributed by atoms with Crippen molar-refractivity contribution < 1.29 is 14.2 Å². The Morgan fingerprint density at radius 3 is 2.70 bits per heavy atom. The molecule has 1 N–H and O–H groups in total. The van der Waals surface area contributed by atoms with Crippen molar-refractivity contribution in [1.82, 2.24) is 20.3 Å². The molecule has 5 rings (SSSR count). The largest absolute Gasteiger partial charge is 0.494 e. The van der Waals surface area contributed by atoms with Crippen LogP contribution in [0.5, 0.6) is 17.2 Å². The molecule has 140 valence electrons. The van der Waals surface area contributed by atoms with E-state index in [1.807, 2.05) is 6.07 Å². The summed E-state index contributed by atoms with van der Waals surface area (Å²) in [6.07, 6.45) is 1.89. The lowest BCUT2D eigenvalue weighted by Gasteiger charge is -2.42. The Hall–Kier alpha value is -2.80. The van der Waals surface area contributed by atoms with Crippen LogP contribution in [-0.4, -0.2) is 48.2 Å². The van der Waals surface area contributed by atoms with Crippen molar-refractivity contribution in [2.45, 2.75) is 25.4 Å². The molecule has 1 aromatic heterocycles. The Labute approximate surface area is 157 Å². The third kappa shape index (κ3) is 2.31. The fourth-order valence-electron chi connectivity index (χ4n) is 4.63. The average Bonchev–Trinajstić information content (AvgIpc) is 3.20. The number of hydrogen-bond acceptors (Lipinski definition) is 6. The Morgan fingerprint density at radius 1 is 1.07 bits per heavy atom. The Kier molecular flexibility index (Phi) is 3.72. The minimum absolute atomic E-state index is 0.287. The molecule has 0 spiro atoms. The first-order valence-electron chi connectivity index (χ1n) is 9.12. The number of methoxy groups -OCH3 is 3. The predicted molar refractivity (Wildman–Crippen MR) is 101 cm³/mol. The first-order chi connectivity index (χ1) is 13.2. The van der Waals surface area contributed by atoms with Gasteiger partial charge in [0.05, 0.1) is 26.8 Å². The average molecular weight is 366 g/mol. The molecule has 0 saturated carbocycles. The topological polar surface area (TPSA) is 72.5 Å². The van der Waals surface area contributed by atoms with Crippen molar-refractivity contribution in [2.24, 2.45) is 0 Å². The molecule has 3 heterocycles. The molecule has 0 bridgehead atoms. The minimum atomic E-state index is 0.287. The van der Waals surface area contributed by atoms with E-state index >= 15 is 0 Å². The number of H-pyrrole nitrogens is 1. The Morgan fingerprint density at radius 2 is 1.93 bits per heavy atom. The fraction of sp³-hybridized carbons (Fsp3) is 0.400. The van der Waals surface area contributed by atoms with Crippen molar-refractivity contribution in [3.8, 4) is 17.2 Å². The van der Waals surface area contributed by atoms with Gasteiger partial charge in [-0.25, -0.2) is 0 Å². The SMILES string of the molecule is COc1ccc2c(c1OC)CN1CCc3cc(OC)c4nn[nH]c4c3[C@@H]1C2. The van der Waals surface area contributed by atoms with Crippen LogP contribution in [0.3, 0.4) is 0 Å². The summed E-state index contributed by atoms with van der Waals surface area (Å²) in [6.45, 7) is 1.84. The number of nitrogens with zero attached hydrogens (tertiary/aromatic N) is 3. The third-order valence-corrected chi connectivity index (χ3v) is 5.88. The Balaban J connectivity index is 1.65. The van der Waals surface area contributed by atoms with Crippen LogP contribution in [0, 0.1) is 0 Å². The maximum Gasteiger partial charge on any atom is 0.165 e. The number of hydrogen-bond donors (Lipinski definition) is 1. The number of ether oxygens (including phenoxy) is 3. The van der Waals surface area contributed by atoms with Gasteiger partial charge in [0, 0.05) is 30.3 Å². The number of rotatable bonds is 3. The van der Waals surface area contributed by atoms with Gasteiger partial charge in [0.25, 0.3) is 0 Å². The third-order valence-electron chi connectivity index (χ3n) is 5.88. The summed E-state index contributed by atoms with van der Waals surface area (Å²) in [4.78, 5) is 2.51. The quantitative estimate of drug-likeness (QED) is 0.768. The molecule has 0 amide bonds. The van der Waals surface area contributed by atoms with E-state index in [0.717, 1.165) is 54.2 Å². The molecular weight excluding hydrogens is 344 g/mol. The van der Waals surface area contributed by atoms with Crippen molar-refractivity contribution in [3.63, 3.8) is 0 Å². The van der Waals surface area contributed by atoms with Gasteiger partial charge in [-0.3, -0.25) is 10.00 Å². The molecule has 0 fully saturated rings. The van der Waals surface area contributed by atoms with E-state index in [1.54, 1.807) is 21.3 Å². The number of fused-ring (bicyclic) bond motifs is 6. The van der Waals surface area contributed by atoms with Gasteiger partial charge in [-0.15, -0.1) is 5.10 Å². The summed E-state index contributed by atoms with van der Waals surface area (Å²) < 4.78 is 16.7. The maximum absolute atomic E-state index is 5.68. The Bertz CT molecular complexity index is 1030. The first kappa shape index (κ1) is 16.4. The molecule has 1 atom stereocenters. The summed E-state index contributed by atoms with van der Waals surface area (Å²) in [5.74, 6) is 2.42. The number of aromatic amines is 1.